The van der Waals surface area contributed by atoms with Gasteiger partial charge in [-0.1, -0.05) is 11.6 Å². The Kier molecular flexibility index (Phi) is 5.05. The van der Waals surface area contributed by atoms with E-state index in [0.717, 1.165) is 12.8 Å². The summed E-state index contributed by atoms with van der Waals surface area (Å²) in [6, 6.07) is 6.27. The SMILES string of the molecule is O=C(Nc1cccnc1Cl)[C@H]1CCCCN1C(=O)c1cccnc1. The average Bonchev–Trinajstić information content (AvgIpc) is 2.63. The van der Waals surface area contributed by atoms with Gasteiger partial charge >= 0.3 is 0 Å². The third-order valence-corrected chi connectivity index (χ3v) is 4.29. The summed E-state index contributed by atoms with van der Waals surface area (Å²) in [7, 11) is 0. The van der Waals surface area contributed by atoms with Gasteiger partial charge in [0.25, 0.3) is 5.91 Å². The predicted octanol–water partition coefficient (Wildman–Crippen LogP) is 2.76. The fourth-order valence-electron chi connectivity index (χ4n) is 2.80. The first-order valence-electron chi connectivity index (χ1n) is 7.79. The molecule has 0 radical (unpaired) electrons. The van der Waals surface area contributed by atoms with Gasteiger partial charge in [-0.05, 0) is 43.5 Å². The molecule has 1 atom stereocenters. The maximum absolute atomic E-state index is 12.7. The van der Waals surface area contributed by atoms with Gasteiger partial charge in [-0.2, -0.15) is 0 Å². The lowest BCUT2D eigenvalue weighted by atomic mass is 10.00. The highest BCUT2D eigenvalue weighted by molar-refractivity contribution is 6.32. The van der Waals surface area contributed by atoms with E-state index in [9.17, 15) is 9.59 Å². The van der Waals surface area contributed by atoms with E-state index in [1.807, 2.05) is 0 Å². The summed E-state index contributed by atoms with van der Waals surface area (Å²) in [5, 5.41) is 3.00. The maximum Gasteiger partial charge on any atom is 0.256 e. The highest BCUT2D eigenvalue weighted by Gasteiger charge is 2.33. The second-order valence-electron chi connectivity index (χ2n) is 5.58. The minimum Gasteiger partial charge on any atom is -0.327 e. The van der Waals surface area contributed by atoms with E-state index in [-0.39, 0.29) is 17.0 Å². The third-order valence-electron chi connectivity index (χ3n) is 3.99. The second kappa shape index (κ2) is 7.40. The van der Waals surface area contributed by atoms with E-state index in [2.05, 4.69) is 15.3 Å². The highest BCUT2D eigenvalue weighted by Crippen LogP contribution is 2.23. The molecule has 0 saturated carbocycles. The van der Waals surface area contributed by atoms with Crippen LogP contribution in [0, 0.1) is 0 Å². The van der Waals surface area contributed by atoms with E-state index < -0.39 is 6.04 Å². The molecule has 0 bridgehead atoms. The molecule has 1 saturated heterocycles. The van der Waals surface area contributed by atoms with E-state index >= 15 is 0 Å². The quantitative estimate of drug-likeness (QED) is 0.869. The average molecular weight is 345 g/mol. The third kappa shape index (κ3) is 3.54. The first-order valence-corrected chi connectivity index (χ1v) is 8.17. The molecule has 3 rings (SSSR count). The number of halogens is 1. The summed E-state index contributed by atoms with van der Waals surface area (Å²) < 4.78 is 0. The highest BCUT2D eigenvalue weighted by atomic mass is 35.5. The maximum atomic E-state index is 12.7. The zero-order valence-corrected chi connectivity index (χ0v) is 13.7. The molecular weight excluding hydrogens is 328 g/mol. The van der Waals surface area contributed by atoms with E-state index in [4.69, 9.17) is 11.6 Å². The van der Waals surface area contributed by atoms with Gasteiger partial charge in [0.15, 0.2) is 5.15 Å². The summed E-state index contributed by atoms with van der Waals surface area (Å²) in [6.07, 6.45) is 7.08. The first-order chi connectivity index (χ1) is 11.7. The molecule has 1 aliphatic heterocycles. The zero-order valence-electron chi connectivity index (χ0n) is 13.0. The van der Waals surface area contributed by atoms with Crippen LogP contribution >= 0.6 is 11.6 Å². The van der Waals surface area contributed by atoms with Crippen LogP contribution in [-0.4, -0.2) is 39.3 Å². The molecule has 124 valence electrons. The fourth-order valence-corrected chi connectivity index (χ4v) is 2.96. The van der Waals surface area contributed by atoms with Crippen molar-refractivity contribution in [1.29, 1.82) is 0 Å². The Balaban J connectivity index is 1.78. The lowest BCUT2D eigenvalue weighted by Gasteiger charge is -2.34. The molecular formula is C17H17ClN4O2. The van der Waals surface area contributed by atoms with Crippen LogP contribution in [-0.2, 0) is 4.79 Å². The number of anilines is 1. The van der Waals surface area contributed by atoms with Gasteiger partial charge in [0.2, 0.25) is 5.91 Å². The van der Waals surface area contributed by atoms with Crippen molar-refractivity contribution in [2.45, 2.75) is 25.3 Å². The molecule has 0 unspecified atom stereocenters. The lowest BCUT2D eigenvalue weighted by Crippen LogP contribution is -2.50. The summed E-state index contributed by atoms with van der Waals surface area (Å²) in [4.78, 5) is 34.9. The Hall–Kier alpha value is -2.47. The van der Waals surface area contributed by atoms with Crippen molar-refractivity contribution in [3.63, 3.8) is 0 Å². The Bertz CT molecular complexity index is 738. The number of hydrogen-bond acceptors (Lipinski definition) is 4. The molecule has 7 heteroatoms. The second-order valence-corrected chi connectivity index (χ2v) is 5.94. The largest absolute Gasteiger partial charge is 0.327 e. The van der Waals surface area contributed by atoms with Gasteiger partial charge in [-0.3, -0.25) is 14.6 Å². The van der Waals surface area contributed by atoms with Crippen LogP contribution in [0.25, 0.3) is 0 Å². The van der Waals surface area contributed by atoms with Crippen molar-refractivity contribution in [2.24, 2.45) is 0 Å². The van der Waals surface area contributed by atoms with Crippen LogP contribution in [0.15, 0.2) is 42.9 Å². The Labute approximate surface area is 144 Å². The van der Waals surface area contributed by atoms with Gasteiger partial charge < -0.3 is 10.2 Å². The number of carbonyl (C=O) groups excluding carboxylic acids is 2. The van der Waals surface area contributed by atoms with Crippen LogP contribution in [0.1, 0.15) is 29.6 Å². The summed E-state index contributed by atoms with van der Waals surface area (Å²) in [5.41, 5.74) is 0.931. The van der Waals surface area contributed by atoms with E-state index in [1.165, 1.54) is 6.20 Å². The number of aromatic nitrogens is 2. The predicted molar refractivity (Wildman–Crippen MR) is 90.8 cm³/mol. The van der Waals surface area contributed by atoms with Crippen molar-refractivity contribution >= 4 is 29.1 Å². The molecule has 3 heterocycles. The minimum atomic E-state index is -0.525. The number of piperidine rings is 1. The minimum absolute atomic E-state index is 0.180. The number of nitrogens with zero attached hydrogens (tertiary/aromatic N) is 3. The van der Waals surface area contributed by atoms with Crippen molar-refractivity contribution in [2.75, 3.05) is 11.9 Å². The molecule has 2 aromatic rings. The molecule has 0 aromatic carbocycles. The number of carbonyl (C=O) groups is 2. The summed E-state index contributed by atoms with van der Waals surface area (Å²) >= 11 is 5.99. The van der Waals surface area contributed by atoms with Crippen LogP contribution < -0.4 is 5.32 Å². The molecule has 2 aromatic heterocycles. The number of rotatable bonds is 3. The van der Waals surface area contributed by atoms with Crippen LogP contribution in [0.5, 0.6) is 0 Å². The topological polar surface area (TPSA) is 75.2 Å². The van der Waals surface area contributed by atoms with Crippen LogP contribution in [0.3, 0.4) is 0 Å². The van der Waals surface area contributed by atoms with Crippen molar-refractivity contribution in [1.82, 2.24) is 14.9 Å². The first kappa shape index (κ1) is 16.4. The molecule has 2 amide bonds. The monoisotopic (exact) mass is 344 g/mol. The van der Waals surface area contributed by atoms with Crippen LogP contribution in [0.2, 0.25) is 5.15 Å². The smallest absolute Gasteiger partial charge is 0.256 e. The molecule has 0 spiro atoms. The molecule has 24 heavy (non-hydrogen) atoms. The summed E-state index contributed by atoms with van der Waals surface area (Å²) in [5.74, 6) is -0.429. The van der Waals surface area contributed by atoms with E-state index in [0.29, 0.717) is 24.2 Å². The molecule has 1 aliphatic rings. The van der Waals surface area contributed by atoms with Gasteiger partial charge in [-0.25, -0.2) is 4.98 Å². The molecule has 6 nitrogen and oxygen atoms in total. The normalized spacial score (nSPS) is 17.4. The zero-order chi connectivity index (χ0) is 16.9. The van der Waals surface area contributed by atoms with Gasteiger partial charge in [0, 0.05) is 25.1 Å². The lowest BCUT2D eigenvalue weighted by molar-refractivity contribution is -0.121. The standard InChI is InChI=1S/C17H17ClN4O2/c18-15-13(6-4-9-20-15)21-16(23)14-7-1-2-10-22(14)17(24)12-5-3-8-19-11-12/h3-6,8-9,11,14H,1-2,7,10H2,(H,21,23)/t14-/m1/s1. The Morgan fingerprint density at radius 3 is 2.79 bits per heavy atom. The van der Waals surface area contributed by atoms with Crippen molar-refractivity contribution in [3.05, 3.63) is 53.6 Å². The number of nitrogens with one attached hydrogen (secondary N) is 1. The molecule has 1 N–H and O–H groups in total. The number of amides is 2. The van der Waals surface area contributed by atoms with Gasteiger partial charge in [-0.15, -0.1) is 0 Å². The Morgan fingerprint density at radius 2 is 2.04 bits per heavy atom. The van der Waals surface area contributed by atoms with Crippen LogP contribution in [0.4, 0.5) is 5.69 Å². The fraction of sp³-hybridized carbons (Fsp3) is 0.294. The van der Waals surface area contributed by atoms with Gasteiger partial charge in [0.1, 0.15) is 6.04 Å². The Morgan fingerprint density at radius 1 is 1.21 bits per heavy atom. The number of likely N-dealkylation sites (tertiary alicyclic amines) is 1. The number of pyridine rings is 2. The molecule has 1 fully saturated rings. The molecule has 0 aliphatic carbocycles. The van der Waals surface area contributed by atoms with E-state index in [1.54, 1.807) is 41.6 Å². The number of hydrogen-bond donors (Lipinski definition) is 1. The summed E-state index contributed by atoms with van der Waals surface area (Å²) in [6.45, 7) is 0.548. The van der Waals surface area contributed by atoms with Crippen molar-refractivity contribution < 1.29 is 9.59 Å². The van der Waals surface area contributed by atoms with Crippen molar-refractivity contribution in [3.8, 4) is 0 Å². The van der Waals surface area contributed by atoms with Gasteiger partial charge in [0.05, 0.1) is 11.3 Å².